The number of fused-ring (bicyclic) bond motifs is 1. The predicted octanol–water partition coefficient (Wildman–Crippen LogP) is 6.24. The van der Waals surface area contributed by atoms with Crippen LogP contribution in [0.2, 0.25) is 0 Å². The van der Waals surface area contributed by atoms with Crippen molar-refractivity contribution in [3.8, 4) is 5.75 Å². The molecule has 0 fully saturated rings. The van der Waals surface area contributed by atoms with Crippen molar-refractivity contribution in [2.45, 2.75) is 26.8 Å². The Bertz CT molecular complexity index is 1110. The molecule has 4 nitrogen and oxygen atoms in total. The van der Waals surface area contributed by atoms with E-state index in [2.05, 4.69) is 47.4 Å². The molecule has 164 valence electrons. The van der Waals surface area contributed by atoms with Crippen molar-refractivity contribution < 1.29 is 14.3 Å². The van der Waals surface area contributed by atoms with Crippen LogP contribution in [0.15, 0.2) is 84.6 Å². The Morgan fingerprint density at radius 3 is 2.22 bits per heavy atom. The van der Waals surface area contributed by atoms with Gasteiger partial charge in [-0.1, -0.05) is 54.6 Å². The topological polar surface area (TPSA) is 38.8 Å². The highest BCUT2D eigenvalue weighted by Crippen LogP contribution is 2.39. The Morgan fingerprint density at radius 2 is 1.56 bits per heavy atom. The van der Waals surface area contributed by atoms with Crippen molar-refractivity contribution in [3.05, 3.63) is 101 Å². The first-order valence-electron chi connectivity index (χ1n) is 10.8. The summed E-state index contributed by atoms with van der Waals surface area (Å²) in [6.07, 6.45) is 2.00. The molecule has 1 aliphatic rings. The summed E-state index contributed by atoms with van der Waals surface area (Å²) in [6.45, 7) is 6.07. The van der Waals surface area contributed by atoms with E-state index in [1.54, 1.807) is 7.11 Å². The van der Waals surface area contributed by atoms with Crippen LogP contribution in [-0.4, -0.2) is 19.6 Å². The van der Waals surface area contributed by atoms with Gasteiger partial charge in [0.25, 0.3) is 0 Å². The van der Waals surface area contributed by atoms with E-state index in [-0.39, 0.29) is 12.0 Å². The number of anilines is 1. The van der Waals surface area contributed by atoms with Crippen molar-refractivity contribution >= 4 is 17.7 Å². The lowest BCUT2D eigenvalue weighted by Gasteiger charge is -2.34. The molecule has 0 radical (unpaired) electrons. The highest BCUT2D eigenvalue weighted by Gasteiger charge is 2.31. The summed E-state index contributed by atoms with van der Waals surface area (Å²) in [5, 5.41) is 0. The van der Waals surface area contributed by atoms with Crippen molar-refractivity contribution in [1.29, 1.82) is 0 Å². The number of methoxy groups -OCH3 is 1. The van der Waals surface area contributed by atoms with Gasteiger partial charge in [0.1, 0.15) is 11.5 Å². The molecule has 1 heterocycles. The SMILES string of the molecule is COc1ccc(N2CC(OC(=O)C(C)(C)C)=Cc3ccccc3C2c2ccccc2)cc1. The van der Waals surface area contributed by atoms with Crippen molar-refractivity contribution in [2.24, 2.45) is 5.41 Å². The van der Waals surface area contributed by atoms with Gasteiger partial charge in [-0.25, -0.2) is 0 Å². The number of nitrogens with zero attached hydrogens (tertiary/aromatic N) is 1. The second-order valence-electron chi connectivity index (χ2n) is 9.02. The van der Waals surface area contributed by atoms with E-state index in [0.29, 0.717) is 12.3 Å². The maximum Gasteiger partial charge on any atom is 0.316 e. The fourth-order valence-corrected chi connectivity index (χ4v) is 3.88. The Balaban J connectivity index is 1.85. The van der Waals surface area contributed by atoms with Crippen LogP contribution in [0, 0.1) is 5.41 Å². The van der Waals surface area contributed by atoms with Crippen molar-refractivity contribution in [1.82, 2.24) is 0 Å². The number of carbonyl (C=O) groups excluding carboxylic acids is 1. The van der Waals surface area contributed by atoms with E-state index in [0.717, 1.165) is 22.6 Å². The van der Waals surface area contributed by atoms with Crippen LogP contribution >= 0.6 is 0 Å². The van der Waals surface area contributed by atoms with Crippen LogP contribution in [0.25, 0.3) is 6.08 Å². The van der Waals surface area contributed by atoms with E-state index in [1.807, 2.05) is 63.2 Å². The zero-order valence-electron chi connectivity index (χ0n) is 19.0. The van der Waals surface area contributed by atoms with Crippen LogP contribution in [0.1, 0.15) is 43.5 Å². The lowest BCUT2D eigenvalue weighted by atomic mass is 9.93. The summed E-state index contributed by atoms with van der Waals surface area (Å²) in [4.78, 5) is 15.0. The van der Waals surface area contributed by atoms with Gasteiger partial charge in [-0.15, -0.1) is 0 Å². The number of ether oxygens (including phenoxy) is 2. The lowest BCUT2D eigenvalue weighted by Crippen LogP contribution is -2.32. The summed E-state index contributed by atoms with van der Waals surface area (Å²) < 4.78 is 11.3. The molecule has 1 atom stereocenters. The molecule has 1 aliphatic heterocycles. The average molecular weight is 428 g/mol. The first kappa shape index (κ1) is 21.7. The second-order valence-corrected chi connectivity index (χ2v) is 9.02. The van der Waals surface area contributed by atoms with E-state index in [9.17, 15) is 4.79 Å². The van der Waals surface area contributed by atoms with Crippen molar-refractivity contribution in [3.63, 3.8) is 0 Å². The molecule has 0 saturated carbocycles. The summed E-state index contributed by atoms with van der Waals surface area (Å²) in [5.74, 6) is 1.19. The molecule has 0 N–H and O–H groups in total. The fourth-order valence-electron chi connectivity index (χ4n) is 3.88. The summed E-state index contributed by atoms with van der Waals surface area (Å²) in [5.41, 5.74) is 3.82. The Hall–Kier alpha value is -3.53. The van der Waals surface area contributed by atoms with Gasteiger partial charge in [-0.3, -0.25) is 4.79 Å². The molecule has 0 saturated heterocycles. The maximum atomic E-state index is 12.7. The van der Waals surface area contributed by atoms with Gasteiger partial charge in [0, 0.05) is 5.69 Å². The van der Waals surface area contributed by atoms with Gasteiger partial charge in [0.2, 0.25) is 0 Å². The first-order chi connectivity index (χ1) is 15.4. The molecule has 32 heavy (non-hydrogen) atoms. The molecule has 1 unspecified atom stereocenters. The Kier molecular flexibility index (Phi) is 6.04. The number of hydrogen-bond acceptors (Lipinski definition) is 4. The Labute approximate surface area is 190 Å². The van der Waals surface area contributed by atoms with Gasteiger partial charge in [-0.2, -0.15) is 0 Å². The van der Waals surface area contributed by atoms with Crippen LogP contribution in [-0.2, 0) is 9.53 Å². The number of benzene rings is 3. The van der Waals surface area contributed by atoms with Gasteiger partial charge in [-0.05, 0) is 67.8 Å². The third-order valence-corrected chi connectivity index (χ3v) is 5.60. The van der Waals surface area contributed by atoms with Gasteiger partial charge >= 0.3 is 5.97 Å². The number of esters is 1. The van der Waals surface area contributed by atoms with Crippen LogP contribution in [0.5, 0.6) is 5.75 Å². The lowest BCUT2D eigenvalue weighted by molar-refractivity contribution is -0.148. The minimum Gasteiger partial charge on any atom is -0.497 e. The van der Waals surface area contributed by atoms with E-state index >= 15 is 0 Å². The van der Waals surface area contributed by atoms with Crippen LogP contribution in [0.3, 0.4) is 0 Å². The molecule has 0 bridgehead atoms. The van der Waals surface area contributed by atoms with Crippen LogP contribution < -0.4 is 9.64 Å². The molecular weight excluding hydrogens is 398 g/mol. The highest BCUT2D eigenvalue weighted by molar-refractivity contribution is 5.78. The molecule has 4 heteroatoms. The molecule has 0 amide bonds. The van der Waals surface area contributed by atoms with Crippen LogP contribution in [0.4, 0.5) is 5.69 Å². The number of rotatable bonds is 4. The average Bonchev–Trinajstić information content (AvgIpc) is 2.95. The standard InChI is InChI=1S/C28H29NO3/c1-28(2,3)27(30)32-24-18-21-12-8-9-13-25(21)26(20-10-6-5-7-11-20)29(19-24)22-14-16-23(31-4)17-15-22/h5-18,26H,19H2,1-4H3. The van der Waals surface area contributed by atoms with Gasteiger partial charge < -0.3 is 14.4 Å². The first-order valence-corrected chi connectivity index (χ1v) is 10.8. The fraction of sp³-hybridized carbons (Fsp3) is 0.250. The number of hydrogen-bond donors (Lipinski definition) is 0. The number of carbonyl (C=O) groups is 1. The monoisotopic (exact) mass is 427 g/mol. The third-order valence-electron chi connectivity index (χ3n) is 5.60. The predicted molar refractivity (Wildman–Crippen MR) is 129 cm³/mol. The molecular formula is C28H29NO3. The second kappa shape index (κ2) is 8.91. The largest absolute Gasteiger partial charge is 0.497 e. The van der Waals surface area contributed by atoms with Gasteiger partial charge in [0.05, 0.1) is 25.1 Å². The third kappa shape index (κ3) is 4.54. The maximum absolute atomic E-state index is 12.7. The molecule has 3 aromatic carbocycles. The summed E-state index contributed by atoms with van der Waals surface area (Å²) in [7, 11) is 1.66. The van der Waals surface area contributed by atoms with E-state index < -0.39 is 5.41 Å². The molecule has 3 aromatic rings. The zero-order valence-corrected chi connectivity index (χ0v) is 19.0. The summed E-state index contributed by atoms with van der Waals surface area (Å²) >= 11 is 0. The minimum absolute atomic E-state index is 0.0390. The molecule has 0 aromatic heterocycles. The van der Waals surface area contributed by atoms with Crippen molar-refractivity contribution in [2.75, 3.05) is 18.6 Å². The summed E-state index contributed by atoms with van der Waals surface area (Å²) in [6, 6.07) is 26.7. The van der Waals surface area contributed by atoms with E-state index in [4.69, 9.17) is 9.47 Å². The Morgan fingerprint density at radius 1 is 0.906 bits per heavy atom. The molecule has 4 rings (SSSR count). The van der Waals surface area contributed by atoms with E-state index in [1.165, 1.54) is 5.56 Å². The minimum atomic E-state index is -0.587. The van der Waals surface area contributed by atoms with Gasteiger partial charge in [0.15, 0.2) is 0 Å². The smallest absolute Gasteiger partial charge is 0.316 e. The zero-order chi connectivity index (χ0) is 22.7. The normalized spacial score (nSPS) is 15.9. The molecule has 0 spiro atoms. The molecule has 0 aliphatic carbocycles. The quantitative estimate of drug-likeness (QED) is 0.462. The highest BCUT2D eigenvalue weighted by atomic mass is 16.5.